The highest BCUT2D eigenvalue weighted by Crippen LogP contribution is 2.32. The molecule has 4 aromatic rings. The van der Waals surface area contributed by atoms with E-state index in [4.69, 9.17) is 21.1 Å². The van der Waals surface area contributed by atoms with Crippen LogP contribution in [0.15, 0.2) is 47.8 Å². The van der Waals surface area contributed by atoms with Gasteiger partial charge in [-0.05, 0) is 55.3 Å². The largest absolute Gasteiger partial charge is 0.484 e. The Bertz CT molecular complexity index is 1330. The Hall–Kier alpha value is -3.70. The SMILES string of the molecule is O=C(Nc1ccc2n[nH]nc2c1)Oc1csc(C2CCN(C(=O)COc3ccc(Cl)cc3)CC2)n1. The Morgan fingerprint density at radius 2 is 1.89 bits per heavy atom. The predicted molar refractivity (Wildman–Crippen MR) is 131 cm³/mol. The maximum absolute atomic E-state index is 12.5. The predicted octanol–water partition coefficient (Wildman–Crippen LogP) is 4.46. The summed E-state index contributed by atoms with van der Waals surface area (Å²) in [6.45, 7) is 1.22. The molecule has 0 aliphatic carbocycles. The molecule has 10 nitrogen and oxygen atoms in total. The van der Waals surface area contributed by atoms with Gasteiger partial charge >= 0.3 is 6.09 Å². The van der Waals surface area contributed by atoms with Crippen LogP contribution in [-0.4, -0.2) is 57.0 Å². The molecule has 12 heteroatoms. The molecule has 1 saturated heterocycles. The summed E-state index contributed by atoms with van der Waals surface area (Å²) in [5, 5.41) is 16.4. The van der Waals surface area contributed by atoms with E-state index < -0.39 is 6.09 Å². The summed E-state index contributed by atoms with van der Waals surface area (Å²) in [7, 11) is 0. The molecule has 180 valence electrons. The van der Waals surface area contributed by atoms with Crippen LogP contribution < -0.4 is 14.8 Å². The second-order valence-electron chi connectivity index (χ2n) is 7.96. The lowest BCUT2D eigenvalue weighted by Gasteiger charge is -2.31. The fourth-order valence-electron chi connectivity index (χ4n) is 3.81. The molecule has 2 aromatic heterocycles. The first-order valence-corrected chi connectivity index (χ1v) is 12.2. The molecule has 2 aromatic carbocycles. The van der Waals surface area contributed by atoms with Crippen molar-refractivity contribution in [3.8, 4) is 11.6 Å². The summed E-state index contributed by atoms with van der Waals surface area (Å²) in [6, 6.07) is 12.1. The van der Waals surface area contributed by atoms with Gasteiger partial charge in [0.1, 0.15) is 16.8 Å². The van der Waals surface area contributed by atoms with Crippen LogP contribution in [0.25, 0.3) is 11.0 Å². The summed E-state index contributed by atoms with van der Waals surface area (Å²) < 4.78 is 10.9. The van der Waals surface area contributed by atoms with Crippen LogP contribution in [0, 0.1) is 0 Å². The Morgan fingerprint density at radius 3 is 2.69 bits per heavy atom. The molecule has 0 radical (unpaired) electrons. The van der Waals surface area contributed by atoms with E-state index in [1.165, 1.54) is 11.3 Å². The van der Waals surface area contributed by atoms with E-state index >= 15 is 0 Å². The summed E-state index contributed by atoms with van der Waals surface area (Å²) >= 11 is 7.31. The van der Waals surface area contributed by atoms with Crippen molar-refractivity contribution in [3.05, 3.63) is 57.9 Å². The van der Waals surface area contributed by atoms with Gasteiger partial charge in [0.25, 0.3) is 5.91 Å². The topological polar surface area (TPSA) is 122 Å². The number of H-pyrrole nitrogens is 1. The molecule has 2 N–H and O–H groups in total. The van der Waals surface area contributed by atoms with Crippen molar-refractivity contribution in [2.45, 2.75) is 18.8 Å². The number of aromatic nitrogens is 4. The van der Waals surface area contributed by atoms with E-state index in [0.29, 0.717) is 40.6 Å². The second-order valence-corrected chi connectivity index (χ2v) is 9.29. The number of thiazole rings is 1. The van der Waals surface area contributed by atoms with Crippen LogP contribution in [-0.2, 0) is 4.79 Å². The quantitative estimate of drug-likeness (QED) is 0.391. The third kappa shape index (κ3) is 5.69. The van der Waals surface area contributed by atoms with Crippen LogP contribution in [0.1, 0.15) is 23.8 Å². The molecule has 0 spiro atoms. The van der Waals surface area contributed by atoms with Gasteiger partial charge in [0.2, 0.25) is 5.88 Å². The number of carbonyl (C=O) groups is 2. The molecule has 5 rings (SSSR count). The van der Waals surface area contributed by atoms with Crippen molar-refractivity contribution in [3.63, 3.8) is 0 Å². The van der Waals surface area contributed by atoms with Crippen LogP contribution in [0.5, 0.6) is 11.6 Å². The molecule has 3 heterocycles. The Labute approximate surface area is 209 Å². The lowest BCUT2D eigenvalue weighted by Crippen LogP contribution is -2.40. The van der Waals surface area contributed by atoms with E-state index in [9.17, 15) is 9.59 Å². The van der Waals surface area contributed by atoms with Crippen LogP contribution in [0.3, 0.4) is 0 Å². The first-order valence-electron chi connectivity index (χ1n) is 10.9. The Balaban J connectivity index is 1.09. The molecule has 0 atom stereocenters. The summed E-state index contributed by atoms with van der Waals surface area (Å²) in [6.07, 6.45) is 0.929. The van der Waals surface area contributed by atoms with Crippen molar-refractivity contribution in [1.29, 1.82) is 0 Å². The van der Waals surface area contributed by atoms with Gasteiger partial charge in [0.15, 0.2) is 6.61 Å². The molecule has 0 saturated carbocycles. The van der Waals surface area contributed by atoms with E-state index in [-0.39, 0.29) is 24.3 Å². The van der Waals surface area contributed by atoms with Crippen molar-refractivity contribution in [2.24, 2.45) is 0 Å². The minimum absolute atomic E-state index is 0.0136. The molecule has 0 bridgehead atoms. The molecule has 1 aliphatic rings. The Kier molecular flexibility index (Phi) is 6.77. The highest BCUT2D eigenvalue weighted by molar-refractivity contribution is 7.09. The smallest absolute Gasteiger partial charge is 0.418 e. The third-order valence-corrected chi connectivity index (χ3v) is 6.87. The first kappa shape index (κ1) is 23.1. The summed E-state index contributed by atoms with van der Waals surface area (Å²) in [4.78, 5) is 31.0. The number of aromatic amines is 1. The van der Waals surface area contributed by atoms with Crippen molar-refractivity contribution in [1.82, 2.24) is 25.3 Å². The number of piperidine rings is 1. The van der Waals surface area contributed by atoms with Crippen molar-refractivity contribution < 1.29 is 19.1 Å². The maximum atomic E-state index is 12.5. The lowest BCUT2D eigenvalue weighted by molar-refractivity contribution is -0.134. The molecule has 0 unspecified atom stereocenters. The number of fused-ring (bicyclic) bond motifs is 1. The van der Waals surface area contributed by atoms with Gasteiger partial charge in [-0.15, -0.1) is 11.3 Å². The number of likely N-dealkylation sites (tertiary alicyclic amines) is 1. The van der Waals surface area contributed by atoms with Gasteiger partial charge in [0, 0.05) is 29.7 Å². The second kappa shape index (κ2) is 10.3. The fourth-order valence-corrected chi connectivity index (χ4v) is 4.83. The number of ether oxygens (including phenoxy) is 2. The zero-order valence-corrected chi connectivity index (χ0v) is 20.0. The number of nitrogens with zero attached hydrogens (tertiary/aromatic N) is 4. The number of halogens is 1. The number of nitrogens with one attached hydrogen (secondary N) is 2. The van der Waals surface area contributed by atoms with Crippen LogP contribution in [0.2, 0.25) is 5.02 Å². The van der Waals surface area contributed by atoms with Gasteiger partial charge in [-0.3, -0.25) is 10.1 Å². The van der Waals surface area contributed by atoms with Gasteiger partial charge in [-0.25, -0.2) is 9.78 Å². The number of amides is 2. The van der Waals surface area contributed by atoms with Gasteiger partial charge in [0.05, 0.1) is 10.4 Å². The molecule has 1 aliphatic heterocycles. The fraction of sp³-hybridized carbons (Fsp3) is 0.261. The molecular formula is C23H21ClN6O4S. The number of anilines is 1. The van der Waals surface area contributed by atoms with E-state index in [2.05, 4.69) is 25.7 Å². The highest BCUT2D eigenvalue weighted by atomic mass is 35.5. The zero-order chi connectivity index (χ0) is 24.2. The maximum Gasteiger partial charge on any atom is 0.418 e. The zero-order valence-electron chi connectivity index (χ0n) is 18.4. The van der Waals surface area contributed by atoms with E-state index in [1.54, 1.807) is 52.7 Å². The number of hydrogen-bond donors (Lipinski definition) is 2. The minimum Gasteiger partial charge on any atom is -0.484 e. The van der Waals surface area contributed by atoms with Gasteiger partial charge in [-0.2, -0.15) is 15.4 Å². The van der Waals surface area contributed by atoms with E-state index in [0.717, 1.165) is 17.8 Å². The number of benzene rings is 2. The minimum atomic E-state index is -0.634. The van der Waals surface area contributed by atoms with Gasteiger partial charge < -0.3 is 14.4 Å². The van der Waals surface area contributed by atoms with Crippen LogP contribution >= 0.6 is 22.9 Å². The number of rotatable bonds is 6. The number of carbonyl (C=O) groups excluding carboxylic acids is 2. The molecule has 2 amide bonds. The molecular weight excluding hydrogens is 492 g/mol. The first-order chi connectivity index (χ1) is 17.0. The third-order valence-electron chi connectivity index (χ3n) is 5.63. The normalized spacial score (nSPS) is 14.1. The molecule has 35 heavy (non-hydrogen) atoms. The standard InChI is InChI=1S/C23H21ClN6O4S/c24-15-1-4-17(5-2-15)33-12-21(31)30-9-7-14(8-10-30)22-26-20(13-35-22)34-23(32)25-16-3-6-18-19(11-16)28-29-27-18/h1-6,11,13-14H,7-10,12H2,(H,25,32)(H,27,28,29). The van der Waals surface area contributed by atoms with Crippen LogP contribution in [0.4, 0.5) is 10.5 Å². The van der Waals surface area contributed by atoms with Crippen molar-refractivity contribution in [2.75, 3.05) is 25.0 Å². The summed E-state index contributed by atoms with van der Waals surface area (Å²) in [5.74, 6) is 1.01. The summed E-state index contributed by atoms with van der Waals surface area (Å²) in [5.41, 5.74) is 1.89. The lowest BCUT2D eigenvalue weighted by atomic mass is 9.97. The average molecular weight is 513 g/mol. The Morgan fingerprint density at radius 1 is 1.11 bits per heavy atom. The highest BCUT2D eigenvalue weighted by Gasteiger charge is 2.26. The van der Waals surface area contributed by atoms with Crippen molar-refractivity contribution >= 4 is 51.7 Å². The van der Waals surface area contributed by atoms with E-state index in [1.807, 2.05) is 0 Å². The molecule has 1 fully saturated rings. The monoisotopic (exact) mass is 512 g/mol. The number of hydrogen-bond acceptors (Lipinski definition) is 8. The average Bonchev–Trinajstić information content (AvgIpc) is 3.53. The van der Waals surface area contributed by atoms with Gasteiger partial charge in [-0.1, -0.05) is 11.6 Å².